The zero-order chi connectivity index (χ0) is 6.97. The van der Waals surface area contributed by atoms with Crippen molar-refractivity contribution in [1.29, 1.82) is 0 Å². The summed E-state index contributed by atoms with van der Waals surface area (Å²) in [6, 6.07) is 0. The normalized spacial score (nSPS) is 28.7. The van der Waals surface area contributed by atoms with Gasteiger partial charge in [-0.05, 0) is 19.4 Å². The predicted molar refractivity (Wildman–Crippen MR) is 41.6 cm³/mol. The zero-order valence-electron chi connectivity index (χ0n) is 5.96. The van der Waals surface area contributed by atoms with E-state index >= 15 is 0 Å². The Hall–Kier alpha value is -1.05. The monoisotopic (exact) mass is 134 g/mol. The van der Waals surface area contributed by atoms with Gasteiger partial charge < -0.3 is 0 Å². The Morgan fingerprint density at radius 2 is 2.60 bits per heavy atom. The maximum atomic E-state index is 3.99. The van der Waals surface area contributed by atoms with Crippen molar-refractivity contribution in [3.63, 3.8) is 0 Å². The first kappa shape index (κ1) is 5.71. The summed E-state index contributed by atoms with van der Waals surface area (Å²) in [4.78, 5) is 0. The van der Waals surface area contributed by atoms with Crippen LogP contribution in [-0.4, -0.2) is 6.21 Å². The highest BCUT2D eigenvalue weighted by atomic mass is 15.3. The summed E-state index contributed by atoms with van der Waals surface area (Å²) >= 11 is 0. The first-order chi connectivity index (χ1) is 4.86. The molecule has 0 spiro atoms. The summed E-state index contributed by atoms with van der Waals surface area (Å²) in [5, 5.41) is 3.99. The zero-order valence-corrected chi connectivity index (χ0v) is 5.96. The Labute approximate surface area is 60.3 Å². The third-order valence-electron chi connectivity index (χ3n) is 1.92. The highest BCUT2D eigenvalue weighted by molar-refractivity contribution is 5.69. The van der Waals surface area contributed by atoms with Gasteiger partial charge in [0.2, 0.25) is 0 Å². The molecule has 0 aromatic carbocycles. The SMILES string of the molecule is CC1=CCC2C=NNC2=C1. The van der Waals surface area contributed by atoms with E-state index in [9.17, 15) is 0 Å². The molecule has 2 aliphatic rings. The van der Waals surface area contributed by atoms with E-state index in [-0.39, 0.29) is 0 Å². The van der Waals surface area contributed by atoms with Gasteiger partial charge in [0.1, 0.15) is 0 Å². The summed E-state index contributed by atoms with van der Waals surface area (Å²) in [5.41, 5.74) is 5.57. The van der Waals surface area contributed by atoms with Crippen LogP contribution in [0.15, 0.2) is 28.5 Å². The van der Waals surface area contributed by atoms with Crippen LogP contribution in [0, 0.1) is 5.92 Å². The van der Waals surface area contributed by atoms with Crippen molar-refractivity contribution in [3.8, 4) is 0 Å². The van der Waals surface area contributed by atoms with Crippen molar-refractivity contribution >= 4 is 6.21 Å². The minimum atomic E-state index is 0.531. The van der Waals surface area contributed by atoms with Gasteiger partial charge in [-0.15, -0.1) is 0 Å². The van der Waals surface area contributed by atoms with Crippen molar-refractivity contribution in [1.82, 2.24) is 5.43 Å². The van der Waals surface area contributed by atoms with Crippen molar-refractivity contribution in [2.75, 3.05) is 0 Å². The Kier molecular flexibility index (Phi) is 1.13. The van der Waals surface area contributed by atoms with E-state index in [1.165, 1.54) is 11.3 Å². The van der Waals surface area contributed by atoms with E-state index in [1.54, 1.807) is 0 Å². The van der Waals surface area contributed by atoms with Gasteiger partial charge in [0.15, 0.2) is 0 Å². The Balaban J connectivity index is 2.29. The number of rotatable bonds is 0. The average molecular weight is 134 g/mol. The molecule has 0 aromatic rings. The van der Waals surface area contributed by atoms with E-state index in [0.29, 0.717) is 5.92 Å². The number of hydrazone groups is 1. The fourth-order valence-corrected chi connectivity index (χ4v) is 1.31. The quantitative estimate of drug-likeness (QED) is 0.532. The van der Waals surface area contributed by atoms with E-state index in [0.717, 1.165) is 6.42 Å². The number of fused-ring (bicyclic) bond motifs is 1. The maximum absolute atomic E-state index is 3.99. The largest absolute Gasteiger partial charge is 0.282 e. The van der Waals surface area contributed by atoms with Crippen LogP contribution in [0.4, 0.5) is 0 Å². The fraction of sp³-hybridized carbons (Fsp3) is 0.375. The van der Waals surface area contributed by atoms with Gasteiger partial charge in [-0.1, -0.05) is 11.6 Å². The van der Waals surface area contributed by atoms with Gasteiger partial charge >= 0.3 is 0 Å². The van der Waals surface area contributed by atoms with Crippen LogP contribution in [0.25, 0.3) is 0 Å². The highest BCUT2D eigenvalue weighted by Gasteiger charge is 2.17. The second-order valence-corrected chi connectivity index (χ2v) is 2.78. The molecule has 10 heavy (non-hydrogen) atoms. The summed E-state index contributed by atoms with van der Waals surface area (Å²) in [7, 11) is 0. The van der Waals surface area contributed by atoms with Crippen molar-refractivity contribution in [3.05, 3.63) is 23.4 Å². The molecule has 0 aromatic heterocycles. The Morgan fingerprint density at radius 1 is 1.70 bits per heavy atom. The number of nitrogens with one attached hydrogen (secondary N) is 1. The van der Waals surface area contributed by atoms with Gasteiger partial charge in [0.05, 0.1) is 0 Å². The van der Waals surface area contributed by atoms with Crippen LogP contribution < -0.4 is 5.43 Å². The third-order valence-corrected chi connectivity index (χ3v) is 1.92. The van der Waals surface area contributed by atoms with Gasteiger partial charge in [0.25, 0.3) is 0 Å². The van der Waals surface area contributed by atoms with Crippen LogP contribution in [0.1, 0.15) is 13.3 Å². The summed E-state index contributed by atoms with van der Waals surface area (Å²) in [5.74, 6) is 0.531. The topological polar surface area (TPSA) is 24.4 Å². The molecular weight excluding hydrogens is 124 g/mol. The molecule has 0 radical (unpaired) electrons. The van der Waals surface area contributed by atoms with Crippen LogP contribution in [0.2, 0.25) is 0 Å². The Morgan fingerprint density at radius 3 is 3.50 bits per heavy atom. The molecule has 1 unspecified atom stereocenters. The summed E-state index contributed by atoms with van der Waals surface area (Å²) in [6.45, 7) is 2.11. The summed E-state index contributed by atoms with van der Waals surface area (Å²) in [6.07, 6.45) is 7.47. The molecule has 52 valence electrons. The third kappa shape index (κ3) is 0.764. The van der Waals surface area contributed by atoms with Crippen LogP contribution in [-0.2, 0) is 0 Å². The van der Waals surface area contributed by atoms with Gasteiger partial charge in [0, 0.05) is 17.8 Å². The molecule has 0 bridgehead atoms. The lowest BCUT2D eigenvalue weighted by Gasteiger charge is -2.11. The molecule has 2 rings (SSSR count). The first-order valence-electron chi connectivity index (χ1n) is 3.54. The number of hydrogen-bond acceptors (Lipinski definition) is 2. The van der Waals surface area contributed by atoms with Gasteiger partial charge in [-0.3, -0.25) is 5.43 Å². The molecule has 1 aliphatic heterocycles. The van der Waals surface area contributed by atoms with Gasteiger partial charge in [-0.2, -0.15) is 5.10 Å². The molecule has 0 saturated carbocycles. The highest BCUT2D eigenvalue weighted by Crippen LogP contribution is 2.22. The molecule has 0 saturated heterocycles. The molecule has 1 N–H and O–H groups in total. The van der Waals surface area contributed by atoms with E-state index < -0.39 is 0 Å². The molecule has 2 nitrogen and oxygen atoms in total. The molecule has 2 heteroatoms. The lowest BCUT2D eigenvalue weighted by Crippen LogP contribution is -2.10. The molecule has 0 amide bonds. The van der Waals surface area contributed by atoms with Gasteiger partial charge in [-0.25, -0.2) is 0 Å². The van der Waals surface area contributed by atoms with E-state index in [2.05, 4.69) is 29.6 Å². The lowest BCUT2D eigenvalue weighted by atomic mass is 9.96. The molecule has 1 atom stereocenters. The smallest absolute Gasteiger partial charge is 0.0426 e. The predicted octanol–water partition coefficient (Wildman–Crippen LogP) is 1.43. The van der Waals surface area contributed by atoms with Crippen LogP contribution in [0.3, 0.4) is 0 Å². The second kappa shape index (κ2) is 1.97. The molecular formula is C8H10N2. The standard InChI is InChI=1S/C8H10N2/c1-6-2-3-7-5-9-10-8(7)4-6/h2,4-5,7,10H,3H2,1H3. The maximum Gasteiger partial charge on any atom is 0.0426 e. The van der Waals surface area contributed by atoms with Crippen LogP contribution in [0.5, 0.6) is 0 Å². The van der Waals surface area contributed by atoms with E-state index in [4.69, 9.17) is 0 Å². The number of allylic oxidation sites excluding steroid dienone is 4. The lowest BCUT2D eigenvalue weighted by molar-refractivity contribution is 0.765. The minimum absolute atomic E-state index is 0.531. The number of nitrogens with zero attached hydrogens (tertiary/aromatic N) is 1. The molecule has 1 aliphatic carbocycles. The second-order valence-electron chi connectivity index (χ2n) is 2.78. The van der Waals surface area contributed by atoms with Crippen LogP contribution >= 0.6 is 0 Å². The molecule has 1 heterocycles. The van der Waals surface area contributed by atoms with Crippen molar-refractivity contribution in [2.24, 2.45) is 11.0 Å². The number of hydrogen-bond donors (Lipinski definition) is 1. The average Bonchev–Trinajstić information content (AvgIpc) is 2.33. The fourth-order valence-electron chi connectivity index (χ4n) is 1.31. The van der Waals surface area contributed by atoms with Crippen molar-refractivity contribution in [2.45, 2.75) is 13.3 Å². The minimum Gasteiger partial charge on any atom is -0.282 e. The Bertz CT molecular complexity index is 236. The first-order valence-corrected chi connectivity index (χ1v) is 3.54. The molecule has 0 fully saturated rings. The van der Waals surface area contributed by atoms with E-state index in [1.807, 2.05) is 6.21 Å². The van der Waals surface area contributed by atoms with Crippen molar-refractivity contribution < 1.29 is 0 Å². The summed E-state index contributed by atoms with van der Waals surface area (Å²) < 4.78 is 0.